The summed E-state index contributed by atoms with van der Waals surface area (Å²) in [5.41, 5.74) is 7.51. The van der Waals surface area contributed by atoms with Gasteiger partial charge in [0.05, 0.1) is 23.5 Å². The first-order chi connectivity index (χ1) is 16.9. The number of hydrogen-bond acceptors (Lipinski definition) is 7. The number of sulfonamides is 1. The summed E-state index contributed by atoms with van der Waals surface area (Å²) in [6.45, 7) is 7.12. The number of aromatic nitrogens is 2. The van der Waals surface area contributed by atoms with E-state index in [1.165, 1.54) is 10.4 Å². The first kappa shape index (κ1) is 26.9. The second-order valence-corrected chi connectivity index (χ2v) is 10.7. The van der Waals surface area contributed by atoms with Crippen LogP contribution < -0.4 is 15.4 Å². The fraction of sp³-hybridized carbons (Fsp3) is 0.346. The Morgan fingerprint density at radius 2 is 1.92 bits per heavy atom. The van der Waals surface area contributed by atoms with Crippen molar-refractivity contribution in [2.45, 2.75) is 45.7 Å². The van der Waals surface area contributed by atoms with Crippen molar-refractivity contribution < 1.29 is 17.6 Å². The molecule has 3 N–H and O–H groups in total. The van der Waals surface area contributed by atoms with E-state index in [-0.39, 0.29) is 23.9 Å². The van der Waals surface area contributed by atoms with E-state index in [1.54, 1.807) is 39.8 Å². The van der Waals surface area contributed by atoms with Gasteiger partial charge in [-0.15, -0.1) is 16.1 Å². The molecule has 2 atom stereocenters. The molecule has 0 saturated carbocycles. The largest absolute Gasteiger partial charge is 0.419 e. The van der Waals surface area contributed by atoms with Crippen LogP contribution in [-0.4, -0.2) is 43.4 Å². The zero-order valence-electron chi connectivity index (χ0n) is 21.1. The lowest BCUT2D eigenvalue weighted by Gasteiger charge is -2.22. The highest BCUT2D eigenvalue weighted by Crippen LogP contribution is 2.30. The molecular weight excluding hydrogens is 478 g/mol. The lowest BCUT2D eigenvalue weighted by Crippen LogP contribution is -2.35. The van der Waals surface area contributed by atoms with Crippen molar-refractivity contribution in [2.24, 2.45) is 5.73 Å². The van der Waals surface area contributed by atoms with Gasteiger partial charge in [-0.3, -0.25) is 9.10 Å². The molecule has 0 fully saturated rings. The number of benzene rings is 2. The maximum atomic E-state index is 13.0. The van der Waals surface area contributed by atoms with Gasteiger partial charge in [0.1, 0.15) is 0 Å². The van der Waals surface area contributed by atoms with Gasteiger partial charge in [-0.2, -0.15) is 0 Å². The second-order valence-electron chi connectivity index (χ2n) is 8.78. The van der Waals surface area contributed by atoms with Gasteiger partial charge in [0.2, 0.25) is 21.8 Å². The van der Waals surface area contributed by atoms with Crippen LogP contribution in [0.2, 0.25) is 0 Å². The molecule has 0 aliphatic rings. The van der Waals surface area contributed by atoms with Crippen molar-refractivity contribution in [1.82, 2.24) is 15.5 Å². The maximum absolute atomic E-state index is 13.0. The summed E-state index contributed by atoms with van der Waals surface area (Å²) in [4.78, 5) is 13.0. The molecule has 2 aromatic carbocycles. The predicted molar refractivity (Wildman–Crippen MR) is 140 cm³/mol. The molecule has 0 bridgehead atoms. The van der Waals surface area contributed by atoms with Gasteiger partial charge in [-0.05, 0) is 57.9 Å². The summed E-state index contributed by atoms with van der Waals surface area (Å²) in [7, 11) is -3.60. The van der Waals surface area contributed by atoms with Crippen molar-refractivity contribution in [3.8, 4) is 23.3 Å². The first-order valence-corrected chi connectivity index (χ1v) is 13.3. The quantitative estimate of drug-likeness (QED) is 0.424. The smallest absolute Gasteiger partial charge is 0.252 e. The number of nitrogens with zero attached hydrogens (tertiary/aromatic N) is 3. The highest BCUT2D eigenvalue weighted by Gasteiger charge is 2.29. The van der Waals surface area contributed by atoms with E-state index in [4.69, 9.17) is 10.2 Å². The van der Waals surface area contributed by atoms with Crippen LogP contribution >= 0.6 is 0 Å². The van der Waals surface area contributed by atoms with Crippen LogP contribution in [-0.2, 0) is 22.0 Å². The number of hydrogen-bond donors (Lipinski definition) is 2. The van der Waals surface area contributed by atoms with E-state index >= 15 is 0 Å². The fourth-order valence-electron chi connectivity index (χ4n) is 3.82. The Kier molecular flexibility index (Phi) is 8.17. The molecule has 36 heavy (non-hydrogen) atoms. The van der Waals surface area contributed by atoms with Crippen molar-refractivity contribution in [3.05, 3.63) is 65.5 Å². The summed E-state index contributed by atoms with van der Waals surface area (Å²) in [6, 6.07) is 14.0. The average Bonchev–Trinajstić information content (AvgIpc) is 3.30. The van der Waals surface area contributed by atoms with Crippen molar-refractivity contribution in [3.63, 3.8) is 0 Å². The number of nitrogens with one attached hydrogen (secondary N) is 1. The molecule has 0 radical (unpaired) electrons. The van der Waals surface area contributed by atoms with Crippen LogP contribution in [0.25, 0.3) is 11.5 Å². The van der Waals surface area contributed by atoms with Crippen LogP contribution in [0.4, 0.5) is 5.69 Å². The fourth-order valence-corrected chi connectivity index (χ4v) is 4.77. The van der Waals surface area contributed by atoms with E-state index < -0.39 is 27.5 Å². The van der Waals surface area contributed by atoms with Crippen molar-refractivity contribution >= 4 is 21.6 Å². The standard InChI is InChI=1S/C26H31N5O4S/c1-6-11-18(3)28-23(32)20-14-21(16-22(15-20)31(7-2)36(5,33)34)24-29-30-25(35-24)26(4,27)17-19-12-9-8-10-13-19/h8-10,12-16,18H,7,17,27H2,1-5H3,(H,28,32)/t18-,26-/m1/s1. The number of anilines is 1. The lowest BCUT2D eigenvalue weighted by atomic mass is 9.94. The Labute approximate surface area is 212 Å². The normalized spacial score (nSPS) is 13.7. The van der Waals surface area contributed by atoms with Crippen molar-refractivity contribution in [1.29, 1.82) is 0 Å². The summed E-state index contributed by atoms with van der Waals surface area (Å²) >= 11 is 0. The van der Waals surface area contributed by atoms with E-state index in [0.717, 1.165) is 11.8 Å². The third-order valence-electron chi connectivity index (χ3n) is 5.44. The van der Waals surface area contributed by atoms with E-state index in [2.05, 4.69) is 27.4 Å². The highest BCUT2D eigenvalue weighted by molar-refractivity contribution is 7.92. The minimum Gasteiger partial charge on any atom is -0.419 e. The number of carbonyl (C=O) groups excluding carboxylic acids is 1. The Morgan fingerprint density at radius 1 is 1.22 bits per heavy atom. The van der Waals surface area contributed by atoms with Gasteiger partial charge in [0, 0.05) is 17.7 Å². The molecule has 10 heteroatoms. The third-order valence-corrected chi connectivity index (χ3v) is 6.71. The van der Waals surface area contributed by atoms with E-state index in [1.807, 2.05) is 30.3 Å². The zero-order chi connectivity index (χ0) is 26.5. The Balaban J connectivity index is 2.04. The van der Waals surface area contributed by atoms with Crippen LogP contribution in [0.5, 0.6) is 0 Å². The summed E-state index contributed by atoms with van der Waals surface area (Å²) in [6.07, 6.45) is 1.58. The van der Waals surface area contributed by atoms with Gasteiger partial charge < -0.3 is 15.5 Å². The monoisotopic (exact) mass is 509 g/mol. The molecule has 1 aromatic heterocycles. The molecule has 9 nitrogen and oxygen atoms in total. The van der Waals surface area contributed by atoms with Gasteiger partial charge in [0.25, 0.3) is 5.91 Å². The topological polar surface area (TPSA) is 131 Å². The van der Waals surface area contributed by atoms with Gasteiger partial charge >= 0.3 is 0 Å². The predicted octanol–water partition coefficient (Wildman–Crippen LogP) is 3.08. The highest BCUT2D eigenvalue weighted by atomic mass is 32.2. The molecule has 190 valence electrons. The maximum Gasteiger partial charge on any atom is 0.252 e. The van der Waals surface area contributed by atoms with Gasteiger partial charge in [-0.1, -0.05) is 36.3 Å². The number of rotatable bonds is 9. The summed E-state index contributed by atoms with van der Waals surface area (Å²) in [5, 5.41) is 11.1. The SMILES string of the molecule is CC#C[C@@H](C)NC(=O)c1cc(-c2nnc([C@](C)(N)Cc3ccccc3)o2)cc(N(CC)S(C)(=O)=O)c1. The average molecular weight is 510 g/mol. The van der Waals surface area contributed by atoms with Crippen LogP contribution in [0.1, 0.15) is 49.5 Å². The summed E-state index contributed by atoms with van der Waals surface area (Å²) in [5.74, 6) is 5.55. The van der Waals surface area contributed by atoms with Crippen LogP contribution in [0.15, 0.2) is 52.9 Å². The molecule has 0 aliphatic heterocycles. The Hall–Kier alpha value is -3.68. The first-order valence-electron chi connectivity index (χ1n) is 11.5. The van der Waals surface area contributed by atoms with E-state index in [9.17, 15) is 13.2 Å². The van der Waals surface area contributed by atoms with Gasteiger partial charge in [-0.25, -0.2) is 8.42 Å². The number of nitrogens with two attached hydrogens (primary N) is 1. The molecule has 0 spiro atoms. The molecular formula is C26H31N5O4S. The van der Waals surface area contributed by atoms with Crippen molar-refractivity contribution in [2.75, 3.05) is 17.1 Å². The molecule has 0 unspecified atom stereocenters. The van der Waals surface area contributed by atoms with Crippen LogP contribution in [0, 0.1) is 11.8 Å². The molecule has 0 saturated heterocycles. The minimum atomic E-state index is -3.60. The second kappa shape index (κ2) is 10.9. The Morgan fingerprint density at radius 3 is 2.53 bits per heavy atom. The molecule has 3 rings (SSSR count). The lowest BCUT2D eigenvalue weighted by molar-refractivity contribution is 0.0948. The molecule has 0 aliphatic carbocycles. The zero-order valence-corrected chi connectivity index (χ0v) is 21.9. The molecule has 1 amide bonds. The third kappa shape index (κ3) is 6.50. The minimum absolute atomic E-state index is 0.122. The molecule has 3 aromatic rings. The number of carbonyl (C=O) groups is 1. The summed E-state index contributed by atoms with van der Waals surface area (Å²) < 4.78 is 31.9. The number of amides is 1. The van der Waals surface area contributed by atoms with E-state index in [0.29, 0.717) is 17.7 Å². The molecule has 1 heterocycles. The van der Waals surface area contributed by atoms with Gasteiger partial charge in [0.15, 0.2) is 0 Å². The Bertz CT molecular complexity index is 1390. The van der Waals surface area contributed by atoms with Crippen LogP contribution in [0.3, 0.4) is 0 Å².